The third-order valence-corrected chi connectivity index (χ3v) is 11.5. The third-order valence-electron chi connectivity index (χ3n) is 10.4. The predicted molar refractivity (Wildman–Crippen MR) is 201 cm³/mol. The van der Waals surface area contributed by atoms with Crippen LogP contribution >= 0.6 is 11.8 Å². The van der Waals surface area contributed by atoms with E-state index >= 15 is 0 Å². The lowest BCUT2D eigenvalue weighted by molar-refractivity contribution is 0.409. The van der Waals surface area contributed by atoms with Crippen molar-refractivity contribution in [1.29, 1.82) is 0 Å². The largest absolute Gasteiger partial charge is 0.398 e. The first-order chi connectivity index (χ1) is 24.2. The van der Waals surface area contributed by atoms with Gasteiger partial charge in [-0.15, -0.1) is 0 Å². The van der Waals surface area contributed by atoms with Crippen LogP contribution < -0.4 is 16.4 Å². The van der Waals surface area contributed by atoms with Gasteiger partial charge in [-0.3, -0.25) is 5.32 Å². The van der Waals surface area contributed by atoms with E-state index in [-0.39, 0.29) is 12.3 Å². The van der Waals surface area contributed by atoms with Crippen molar-refractivity contribution in [1.82, 2.24) is 10.6 Å². The molecule has 10 rings (SSSR count). The van der Waals surface area contributed by atoms with E-state index in [1.807, 2.05) is 11.8 Å². The number of amidine groups is 1. The van der Waals surface area contributed by atoms with E-state index in [9.17, 15) is 0 Å². The van der Waals surface area contributed by atoms with Crippen LogP contribution in [0.3, 0.4) is 0 Å². The predicted octanol–water partition coefficient (Wildman–Crippen LogP) is 9.59. The van der Waals surface area contributed by atoms with E-state index in [1.54, 1.807) is 0 Å². The Hall–Kier alpha value is -5.62. The highest BCUT2D eigenvalue weighted by atomic mass is 32.2. The summed E-state index contributed by atoms with van der Waals surface area (Å²) >= 11 is 1.85. The monoisotopic (exact) mass is 648 g/mol. The Morgan fingerprint density at radius 3 is 2.04 bits per heavy atom. The second kappa shape index (κ2) is 11.0. The Morgan fingerprint density at radius 1 is 0.571 bits per heavy atom. The molecule has 1 aliphatic carbocycles. The molecule has 4 N–H and O–H groups in total. The van der Waals surface area contributed by atoms with E-state index in [0.717, 1.165) is 33.6 Å². The van der Waals surface area contributed by atoms with Gasteiger partial charge < -0.3 is 11.1 Å². The van der Waals surface area contributed by atoms with Gasteiger partial charge in [0, 0.05) is 26.4 Å². The molecule has 0 radical (unpaired) electrons. The van der Waals surface area contributed by atoms with Crippen molar-refractivity contribution in [3.05, 3.63) is 197 Å². The Balaban J connectivity index is 1.23. The summed E-state index contributed by atoms with van der Waals surface area (Å²) in [5.74, 6) is 0.868. The first-order valence-corrected chi connectivity index (χ1v) is 17.6. The topological polar surface area (TPSA) is 62.4 Å². The summed E-state index contributed by atoms with van der Waals surface area (Å²) in [7, 11) is 0. The number of nitrogens with two attached hydrogens (primary N) is 1. The van der Waals surface area contributed by atoms with Crippen LogP contribution in [0.25, 0.3) is 21.9 Å². The van der Waals surface area contributed by atoms with Crippen LogP contribution in [-0.2, 0) is 5.41 Å². The van der Waals surface area contributed by atoms with Gasteiger partial charge in [0.2, 0.25) is 0 Å². The summed E-state index contributed by atoms with van der Waals surface area (Å²) in [6.45, 7) is 0. The van der Waals surface area contributed by atoms with Gasteiger partial charge in [-0.2, -0.15) is 0 Å². The lowest BCUT2D eigenvalue weighted by Crippen LogP contribution is -2.45. The highest BCUT2D eigenvalue weighted by Crippen LogP contribution is 2.63. The Bertz CT molecular complexity index is 2460. The van der Waals surface area contributed by atoms with Crippen molar-refractivity contribution in [2.24, 2.45) is 4.99 Å². The Morgan fingerprint density at radius 2 is 1.22 bits per heavy atom. The van der Waals surface area contributed by atoms with Crippen LogP contribution in [0.4, 0.5) is 5.69 Å². The molecule has 7 aromatic rings. The molecule has 3 atom stereocenters. The zero-order chi connectivity index (χ0) is 32.5. The van der Waals surface area contributed by atoms with Gasteiger partial charge in [0.15, 0.2) is 0 Å². The summed E-state index contributed by atoms with van der Waals surface area (Å²) in [6, 6.07) is 56.6. The van der Waals surface area contributed by atoms with E-state index in [1.165, 1.54) is 48.6 Å². The van der Waals surface area contributed by atoms with Crippen molar-refractivity contribution >= 4 is 34.1 Å². The van der Waals surface area contributed by atoms with Gasteiger partial charge in [0.1, 0.15) is 18.2 Å². The summed E-state index contributed by atoms with van der Waals surface area (Å²) in [5.41, 5.74) is 18.1. The lowest BCUT2D eigenvalue weighted by atomic mass is 9.67. The number of hydrogen-bond acceptors (Lipinski definition) is 5. The third kappa shape index (κ3) is 4.19. The van der Waals surface area contributed by atoms with E-state index in [2.05, 4.69) is 168 Å². The average Bonchev–Trinajstić information content (AvgIpc) is 3.46. The molecular formula is C44H32N4S. The molecule has 0 saturated heterocycles. The van der Waals surface area contributed by atoms with Crippen LogP contribution in [0, 0.1) is 0 Å². The van der Waals surface area contributed by atoms with Crippen molar-refractivity contribution in [2.45, 2.75) is 27.5 Å². The molecule has 3 unspecified atom stereocenters. The minimum atomic E-state index is -0.553. The van der Waals surface area contributed by atoms with Gasteiger partial charge in [0.25, 0.3) is 0 Å². The van der Waals surface area contributed by atoms with E-state index in [0.29, 0.717) is 0 Å². The van der Waals surface area contributed by atoms with Gasteiger partial charge in [0.05, 0.1) is 5.41 Å². The number of rotatable bonds is 3. The minimum Gasteiger partial charge on any atom is -0.398 e. The molecule has 0 fully saturated rings. The molecule has 234 valence electrons. The molecule has 2 heterocycles. The highest BCUT2D eigenvalue weighted by Gasteiger charge is 2.51. The lowest BCUT2D eigenvalue weighted by Gasteiger charge is -2.40. The van der Waals surface area contributed by atoms with Crippen LogP contribution in [0.15, 0.2) is 173 Å². The standard InChI is InChI=1S/C44H32N4S/c45-37-26-36-40(31-18-8-7-17-30(31)37)32-19-9-10-20-33(32)44(36)34-21-11-12-22-38(34)49-39-24-23-29(25-35(39)44)43-47-41(27-13-3-1-4-14-27)46-42(48-43)28-15-5-2-6-16-28/h1-26,41-42,46H,45H2,(H,47,48). The number of benzene rings is 7. The zero-order valence-electron chi connectivity index (χ0n) is 26.6. The Kier molecular flexibility index (Phi) is 6.35. The molecule has 3 aliphatic rings. The molecule has 0 amide bonds. The number of hydrogen-bond donors (Lipinski definition) is 3. The fraction of sp³-hybridized carbons (Fsp3) is 0.0682. The second-order valence-corrected chi connectivity index (χ2v) is 14.1. The number of aliphatic imine (C=N–C) groups is 1. The molecule has 0 saturated carbocycles. The molecule has 2 aliphatic heterocycles. The number of anilines is 1. The quantitative estimate of drug-likeness (QED) is 0.167. The maximum atomic E-state index is 6.94. The van der Waals surface area contributed by atoms with Crippen LogP contribution in [0.5, 0.6) is 0 Å². The summed E-state index contributed by atoms with van der Waals surface area (Å²) in [5, 5.41) is 9.80. The van der Waals surface area contributed by atoms with E-state index in [4.69, 9.17) is 10.7 Å². The van der Waals surface area contributed by atoms with Crippen molar-refractivity contribution in [3.63, 3.8) is 0 Å². The fourth-order valence-electron chi connectivity index (χ4n) is 8.26. The normalized spacial score (nSPS) is 20.1. The maximum Gasteiger partial charge on any atom is 0.131 e. The molecule has 49 heavy (non-hydrogen) atoms. The summed E-state index contributed by atoms with van der Waals surface area (Å²) < 4.78 is 0. The van der Waals surface area contributed by atoms with Crippen LogP contribution in [0.1, 0.15) is 51.3 Å². The summed E-state index contributed by atoms with van der Waals surface area (Å²) in [4.78, 5) is 7.83. The highest BCUT2D eigenvalue weighted by molar-refractivity contribution is 7.99. The van der Waals surface area contributed by atoms with Gasteiger partial charge >= 0.3 is 0 Å². The number of nitrogens with zero attached hydrogens (tertiary/aromatic N) is 1. The Labute approximate surface area is 289 Å². The first kappa shape index (κ1) is 28.4. The van der Waals surface area contributed by atoms with E-state index < -0.39 is 5.41 Å². The van der Waals surface area contributed by atoms with Crippen molar-refractivity contribution in [2.75, 3.05) is 5.73 Å². The molecule has 0 aromatic heterocycles. The molecule has 4 nitrogen and oxygen atoms in total. The van der Waals surface area contributed by atoms with Crippen molar-refractivity contribution in [3.8, 4) is 11.1 Å². The number of fused-ring (bicyclic) bond motifs is 11. The molecule has 5 heteroatoms. The smallest absolute Gasteiger partial charge is 0.131 e. The first-order valence-electron chi connectivity index (χ1n) is 16.7. The van der Waals surface area contributed by atoms with Gasteiger partial charge in [-0.05, 0) is 74.2 Å². The zero-order valence-corrected chi connectivity index (χ0v) is 27.4. The van der Waals surface area contributed by atoms with Crippen LogP contribution in [-0.4, -0.2) is 5.84 Å². The van der Waals surface area contributed by atoms with Gasteiger partial charge in [-0.1, -0.05) is 145 Å². The molecule has 1 spiro atoms. The molecular weight excluding hydrogens is 617 g/mol. The fourth-order valence-corrected chi connectivity index (χ4v) is 9.43. The number of nitrogens with one attached hydrogen (secondary N) is 2. The SMILES string of the molecule is Nc1cc2c(c3ccccc13)-c1ccccc1C21c2ccccc2Sc2ccc(C3=NC(c4ccccc4)NC(c4ccccc4)N3)cc21. The van der Waals surface area contributed by atoms with Crippen molar-refractivity contribution < 1.29 is 0 Å². The molecule has 7 aromatic carbocycles. The summed E-state index contributed by atoms with van der Waals surface area (Å²) in [6.07, 6.45) is -0.320. The minimum absolute atomic E-state index is 0.113. The average molecular weight is 649 g/mol. The maximum absolute atomic E-state index is 6.94. The number of nitrogen functional groups attached to an aromatic ring is 1. The second-order valence-electron chi connectivity index (χ2n) is 13.0. The van der Waals surface area contributed by atoms with Crippen LogP contribution in [0.2, 0.25) is 0 Å². The molecule has 0 bridgehead atoms. The van der Waals surface area contributed by atoms with Gasteiger partial charge in [-0.25, -0.2) is 4.99 Å².